The summed E-state index contributed by atoms with van der Waals surface area (Å²) in [6.45, 7) is 14.2. The van der Waals surface area contributed by atoms with Crippen LogP contribution in [0.5, 0.6) is 0 Å². The summed E-state index contributed by atoms with van der Waals surface area (Å²) < 4.78 is 28.0. The first-order valence-electron chi connectivity index (χ1n) is 11.7. The van der Waals surface area contributed by atoms with Crippen LogP contribution in [0.25, 0.3) is 0 Å². The molecule has 0 fully saturated rings. The fraction of sp³-hybridized carbons (Fsp3) is 1.00. The lowest BCUT2D eigenvalue weighted by molar-refractivity contribution is 0.0162. The van der Waals surface area contributed by atoms with Crippen LogP contribution in [0.2, 0.25) is 12.6 Å². The maximum Gasteiger partial charge on any atom is 0.334 e. The van der Waals surface area contributed by atoms with Gasteiger partial charge in [0.25, 0.3) is 0 Å². The minimum absolute atomic E-state index is 0.664. The molecule has 28 heavy (non-hydrogen) atoms. The van der Waals surface area contributed by atoms with Gasteiger partial charge in [-0.15, -0.1) is 0 Å². The zero-order valence-electron chi connectivity index (χ0n) is 19.3. The van der Waals surface area contributed by atoms with Crippen LogP contribution in [0.15, 0.2) is 0 Å². The molecule has 0 rings (SSSR count). The van der Waals surface area contributed by atoms with Crippen molar-refractivity contribution in [3.05, 3.63) is 0 Å². The Labute approximate surface area is 176 Å². The van der Waals surface area contributed by atoms with Crippen LogP contribution in [-0.4, -0.2) is 61.4 Å². The Kier molecular flexibility index (Phi) is 21.7. The maximum atomic E-state index is 5.90. The second-order valence-corrected chi connectivity index (χ2v) is 10.7. The van der Waals surface area contributed by atoms with Crippen LogP contribution in [0.4, 0.5) is 0 Å². The SMILES string of the molecule is CCOCCOCCOCCCCCCCCCCC[Si](C)(OCC)OCC. The van der Waals surface area contributed by atoms with E-state index in [1.807, 2.05) is 6.92 Å². The summed E-state index contributed by atoms with van der Waals surface area (Å²) in [6, 6.07) is 1.13. The second-order valence-electron chi connectivity index (χ2n) is 7.35. The zero-order chi connectivity index (χ0) is 20.8. The molecule has 0 aromatic rings. The van der Waals surface area contributed by atoms with E-state index in [1.54, 1.807) is 0 Å². The molecule has 5 nitrogen and oxygen atoms in total. The van der Waals surface area contributed by atoms with Crippen LogP contribution in [0.3, 0.4) is 0 Å². The molecule has 0 aliphatic heterocycles. The average Bonchev–Trinajstić information content (AvgIpc) is 2.67. The molecule has 0 saturated heterocycles. The standard InChI is InChI=1S/C22H48O5Si/c1-5-23-18-19-25-21-20-24-17-15-13-11-9-8-10-12-14-16-22-28(4,26-6-2)27-7-3/h5-22H2,1-4H3. The van der Waals surface area contributed by atoms with Gasteiger partial charge in [-0.3, -0.25) is 0 Å². The molecule has 0 aliphatic rings. The van der Waals surface area contributed by atoms with Crippen LogP contribution in [-0.2, 0) is 23.1 Å². The smallest absolute Gasteiger partial charge is 0.334 e. The van der Waals surface area contributed by atoms with Gasteiger partial charge < -0.3 is 23.1 Å². The number of hydrogen-bond acceptors (Lipinski definition) is 5. The van der Waals surface area contributed by atoms with Crippen molar-refractivity contribution < 1.29 is 23.1 Å². The third-order valence-electron chi connectivity index (χ3n) is 4.77. The minimum Gasteiger partial charge on any atom is -0.395 e. The third-order valence-corrected chi connectivity index (χ3v) is 7.83. The molecule has 0 N–H and O–H groups in total. The topological polar surface area (TPSA) is 46.2 Å². The summed E-state index contributed by atoms with van der Waals surface area (Å²) in [6.07, 6.45) is 11.7. The molecule has 0 radical (unpaired) electrons. The van der Waals surface area contributed by atoms with Gasteiger partial charge in [0.2, 0.25) is 0 Å². The van der Waals surface area contributed by atoms with E-state index in [0.717, 1.165) is 38.9 Å². The van der Waals surface area contributed by atoms with E-state index < -0.39 is 8.56 Å². The molecule has 0 heterocycles. The molecule has 0 aliphatic carbocycles. The largest absolute Gasteiger partial charge is 0.395 e. The van der Waals surface area contributed by atoms with E-state index in [2.05, 4.69) is 20.4 Å². The molecule has 0 bridgehead atoms. The van der Waals surface area contributed by atoms with Crippen LogP contribution >= 0.6 is 0 Å². The quantitative estimate of drug-likeness (QED) is 0.156. The van der Waals surface area contributed by atoms with E-state index in [-0.39, 0.29) is 0 Å². The monoisotopic (exact) mass is 420 g/mol. The molecule has 0 aromatic heterocycles. The molecule has 170 valence electrons. The Morgan fingerprint density at radius 1 is 0.464 bits per heavy atom. The summed E-state index contributed by atoms with van der Waals surface area (Å²) in [5, 5.41) is 0. The van der Waals surface area contributed by atoms with E-state index in [9.17, 15) is 0 Å². The zero-order valence-corrected chi connectivity index (χ0v) is 20.3. The molecule has 0 amide bonds. The minimum atomic E-state index is -1.89. The van der Waals surface area contributed by atoms with Crippen molar-refractivity contribution in [2.24, 2.45) is 0 Å². The van der Waals surface area contributed by atoms with Crippen LogP contribution in [0.1, 0.15) is 78.6 Å². The lowest BCUT2D eigenvalue weighted by Crippen LogP contribution is -2.38. The van der Waals surface area contributed by atoms with Crippen molar-refractivity contribution in [2.75, 3.05) is 52.9 Å². The number of unbranched alkanes of at least 4 members (excludes halogenated alkanes) is 8. The molecule has 0 atom stereocenters. The van der Waals surface area contributed by atoms with Crippen molar-refractivity contribution in [2.45, 2.75) is 91.1 Å². The highest BCUT2D eigenvalue weighted by Crippen LogP contribution is 2.19. The first-order chi connectivity index (χ1) is 13.7. The molecule has 0 unspecified atom stereocenters. The van der Waals surface area contributed by atoms with Gasteiger partial charge in [0.1, 0.15) is 0 Å². The Morgan fingerprint density at radius 3 is 1.39 bits per heavy atom. The van der Waals surface area contributed by atoms with Gasteiger partial charge in [0.15, 0.2) is 0 Å². The first kappa shape index (κ1) is 28.0. The van der Waals surface area contributed by atoms with Gasteiger partial charge in [0.05, 0.1) is 26.4 Å². The van der Waals surface area contributed by atoms with E-state index in [0.29, 0.717) is 26.4 Å². The molecule has 0 saturated carbocycles. The lowest BCUT2D eigenvalue weighted by atomic mass is 10.1. The predicted octanol–water partition coefficient (Wildman–Crippen LogP) is 5.71. The van der Waals surface area contributed by atoms with Gasteiger partial charge in [-0.2, -0.15) is 0 Å². The predicted molar refractivity (Wildman–Crippen MR) is 119 cm³/mol. The van der Waals surface area contributed by atoms with E-state index >= 15 is 0 Å². The van der Waals surface area contributed by atoms with Crippen molar-refractivity contribution in [3.63, 3.8) is 0 Å². The molecular weight excluding hydrogens is 372 g/mol. The van der Waals surface area contributed by atoms with E-state index in [1.165, 1.54) is 51.4 Å². The van der Waals surface area contributed by atoms with Crippen LogP contribution in [0, 0.1) is 0 Å². The van der Waals surface area contributed by atoms with Crippen molar-refractivity contribution in [1.29, 1.82) is 0 Å². The number of ether oxygens (including phenoxy) is 3. The highest BCUT2D eigenvalue weighted by molar-refractivity contribution is 6.66. The highest BCUT2D eigenvalue weighted by Gasteiger charge is 2.29. The molecule has 0 aromatic carbocycles. The van der Waals surface area contributed by atoms with Gasteiger partial charge >= 0.3 is 8.56 Å². The fourth-order valence-corrected chi connectivity index (χ4v) is 5.75. The fourth-order valence-electron chi connectivity index (χ4n) is 3.27. The van der Waals surface area contributed by atoms with Crippen molar-refractivity contribution >= 4 is 8.56 Å². The molecule has 6 heteroatoms. The normalized spacial score (nSPS) is 12.0. The Bertz CT molecular complexity index is 299. The van der Waals surface area contributed by atoms with Gasteiger partial charge in [0, 0.05) is 26.4 Å². The van der Waals surface area contributed by atoms with Gasteiger partial charge in [-0.25, -0.2) is 0 Å². The maximum absolute atomic E-state index is 5.90. The summed E-state index contributed by atoms with van der Waals surface area (Å²) in [5.74, 6) is 0. The lowest BCUT2D eigenvalue weighted by Gasteiger charge is -2.25. The van der Waals surface area contributed by atoms with Crippen molar-refractivity contribution in [3.8, 4) is 0 Å². The Morgan fingerprint density at radius 2 is 0.893 bits per heavy atom. The highest BCUT2D eigenvalue weighted by atomic mass is 28.4. The first-order valence-corrected chi connectivity index (χ1v) is 14.2. The number of rotatable bonds is 23. The Balaban J connectivity index is 3.23. The number of hydrogen-bond donors (Lipinski definition) is 0. The van der Waals surface area contributed by atoms with Gasteiger partial charge in [-0.05, 0) is 39.8 Å². The van der Waals surface area contributed by atoms with E-state index in [4.69, 9.17) is 23.1 Å². The average molecular weight is 421 g/mol. The summed E-state index contributed by atoms with van der Waals surface area (Å²) in [4.78, 5) is 0. The Hall–Kier alpha value is 0.0169. The van der Waals surface area contributed by atoms with Crippen LogP contribution < -0.4 is 0 Å². The summed E-state index contributed by atoms with van der Waals surface area (Å²) >= 11 is 0. The summed E-state index contributed by atoms with van der Waals surface area (Å²) in [7, 11) is -1.89. The van der Waals surface area contributed by atoms with Crippen molar-refractivity contribution in [1.82, 2.24) is 0 Å². The summed E-state index contributed by atoms with van der Waals surface area (Å²) in [5.41, 5.74) is 0. The third kappa shape index (κ3) is 19.3. The second kappa shape index (κ2) is 21.7. The molecular formula is C22H48O5Si. The molecule has 0 spiro atoms. The van der Waals surface area contributed by atoms with Gasteiger partial charge in [-0.1, -0.05) is 51.4 Å².